The summed E-state index contributed by atoms with van der Waals surface area (Å²) in [7, 11) is -0.287. The van der Waals surface area contributed by atoms with Gasteiger partial charge in [-0.05, 0) is 30.5 Å². The maximum Gasteiger partial charge on any atom is 0.262 e. The number of benzene rings is 1. The molecular weight excluding hydrogens is 383 g/mol. The van der Waals surface area contributed by atoms with Crippen molar-refractivity contribution in [2.45, 2.75) is 23.9 Å². The van der Waals surface area contributed by atoms with Crippen molar-refractivity contribution in [1.29, 1.82) is 0 Å². The first-order valence-corrected chi connectivity index (χ1v) is 10.7. The summed E-state index contributed by atoms with van der Waals surface area (Å²) in [4.78, 5) is 4.02. The smallest absolute Gasteiger partial charge is 0.262 e. The Kier molecular flexibility index (Phi) is 6.49. The molecule has 2 aromatic rings. The number of hydrogen-bond acceptors (Lipinski definition) is 5. The molecule has 1 aromatic heterocycles. The van der Waals surface area contributed by atoms with Crippen molar-refractivity contribution in [3.8, 4) is 0 Å². The molecular formula is C19H27FN4O3S. The summed E-state index contributed by atoms with van der Waals surface area (Å²) < 4.78 is 47.6. The second-order valence-corrected chi connectivity index (χ2v) is 9.27. The highest BCUT2D eigenvalue weighted by molar-refractivity contribution is 7.89. The lowest BCUT2D eigenvalue weighted by atomic mass is 9.89. The molecule has 1 aromatic carbocycles. The van der Waals surface area contributed by atoms with Crippen LogP contribution >= 0.6 is 0 Å². The van der Waals surface area contributed by atoms with Crippen LogP contribution < -0.4 is 5.32 Å². The summed E-state index contributed by atoms with van der Waals surface area (Å²) in [6.45, 7) is 3.96. The van der Waals surface area contributed by atoms with Crippen LogP contribution in [0.15, 0.2) is 41.8 Å². The molecule has 154 valence electrons. The molecule has 0 bridgehead atoms. The van der Waals surface area contributed by atoms with E-state index >= 15 is 0 Å². The Morgan fingerprint density at radius 2 is 2.04 bits per heavy atom. The summed E-state index contributed by atoms with van der Waals surface area (Å²) in [6, 6.07) is 6.47. The van der Waals surface area contributed by atoms with Gasteiger partial charge in [0.25, 0.3) is 10.0 Å². The maximum atomic E-state index is 13.4. The normalized spacial score (nSPS) is 21.9. The van der Waals surface area contributed by atoms with Crippen LogP contribution in [0.3, 0.4) is 0 Å². The van der Waals surface area contributed by atoms with Crippen LogP contribution in [-0.4, -0.2) is 61.7 Å². The lowest BCUT2D eigenvalue weighted by Gasteiger charge is -2.21. The summed E-state index contributed by atoms with van der Waals surface area (Å²) in [5, 5.41) is 3.46. The van der Waals surface area contributed by atoms with Gasteiger partial charge in [0.15, 0.2) is 5.03 Å². The third kappa shape index (κ3) is 4.60. The van der Waals surface area contributed by atoms with E-state index in [1.165, 1.54) is 29.0 Å². The van der Waals surface area contributed by atoms with Gasteiger partial charge >= 0.3 is 0 Å². The number of hydrogen-bond donors (Lipinski definition) is 1. The molecule has 9 heteroatoms. The molecule has 1 fully saturated rings. The number of halogens is 1. The molecule has 0 amide bonds. The lowest BCUT2D eigenvalue weighted by Crippen LogP contribution is -2.36. The SMILES string of the molecule is COCC(C)NCC1CN(S(=O)(=O)c2cn(C)cn2)CC1c1ccc(F)cc1. The van der Waals surface area contributed by atoms with Gasteiger partial charge < -0.3 is 14.6 Å². The Balaban J connectivity index is 1.82. The molecule has 0 saturated carbocycles. The number of nitrogens with zero attached hydrogens (tertiary/aromatic N) is 3. The van der Waals surface area contributed by atoms with Crippen molar-refractivity contribution in [3.05, 3.63) is 48.2 Å². The molecule has 1 aliphatic heterocycles. The predicted molar refractivity (Wildman–Crippen MR) is 104 cm³/mol. The van der Waals surface area contributed by atoms with E-state index in [9.17, 15) is 12.8 Å². The number of aryl methyl sites for hydroxylation is 1. The molecule has 0 spiro atoms. The molecule has 2 heterocycles. The van der Waals surface area contributed by atoms with Crippen molar-refractivity contribution in [2.24, 2.45) is 13.0 Å². The monoisotopic (exact) mass is 410 g/mol. The van der Waals surface area contributed by atoms with E-state index in [-0.39, 0.29) is 28.7 Å². The van der Waals surface area contributed by atoms with Crippen molar-refractivity contribution in [2.75, 3.05) is 33.4 Å². The fraction of sp³-hybridized carbons (Fsp3) is 0.526. The van der Waals surface area contributed by atoms with Crippen LogP contribution in [0.4, 0.5) is 4.39 Å². The van der Waals surface area contributed by atoms with Gasteiger partial charge in [-0.3, -0.25) is 0 Å². The number of methoxy groups -OCH3 is 1. The fourth-order valence-electron chi connectivity index (χ4n) is 3.64. The highest BCUT2D eigenvalue weighted by atomic mass is 32.2. The zero-order valence-electron chi connectivity index (χ0n) is 16.4. The van der Waals surface area contributed by atoms with Crippen LogP contribution in [0, 0.1) is 11.7 Å². The third-order valence-electron chi connectivity index (χ3n) is 5.14. The van der Waals surface area contributed by atoms with E-state index in [0.29, 0.717) is 26.2 Å². The van der Waals surface area contributed by atoms with Gasteiger partial charge in [0.05, 0.1) is 12.9 Å². The highest BCUT2D eigenvalue weighted by Gasteiger charge is 2.40. The van der Waals surface area contributed by atoms with Gasteiger partial charge in [-0.25, -0.2) is 17.8 Å². The van der Waals surface area contributed by atoms with Crippen LogP contribution in [0.1, 0.15) is 18.4 Å². The van der Waals surface area contributed by atoms with E-state index in [4.69, 9.17) is 4.74 Å². The van der Waals surface area contributed by atoms with Gasteiger partial charge in [0.2, 0.25) is 0 Å². The van der Waals surface area contributed by atoms with Crippen molar-refractivity contribution >= 4 is 10.0 Å². The largest absolute Gasteiger partial charge is 0.383 e. The second kappa shape index (κ2) is 8.69. The van der Waals surface area contributed by atoms with Crippen molar-refractivity contribution < 1.29 is 17.5 Å². The zero-order valence-corrected chi connectivity index (χ0v) is 17.2. The molecule has 0 radical (unpaired) electrons. The Morgan fingerprint density at radius 1 is 1.32 bits per heavy atom. The number of imidazole rings is 1. The molecule has 1 saturated heterocycles. The van der Waals surface area contributed by atoms with E-state index < -0.39 is 10.0 Å². The van der Waals surface area contributed by atoms with E-state index in [2.05, 4.69) is 10.3 Å². The van der Waals surface area contributed by atoms with Crippen LogP contribution in [0.25, 0.3) is 0 Å². The number of ether oxygens (including phenoxy) is 1. The molecule has 0 aliphatic carbocycles. The summed E-state index contributed by atoms with van der Waals surface area (Å²) in [6.07, 6.45) is 2.99. The minimum Gasteiger partial charge on any atom is -0.383 e. The first-order chi connectivity index (χ1) is 13.3. The molecule has 7 nitrogen and oxygen atoms in total. The van der Waals surface area contributed by atoms with Gasteiger partial charge in [-0.2, -0.15) is 4.31 Å². The fourth-order valence-corrected chi connectivity index (χ4v) is 5.13. The average molecular weight is 411 g/mol. The quantitative estimate of drug-likeness (QED) is 0.715. The van der Waals surface area contributed by atoms with Crippen LogP contribution in [0.2, 0.25) is 0 Å². The Morgan fingerprint density at radius 3 is 2.64 bits per heavy atom. The summed E-state index contributed by atoms with van der Waals surface area (Å²) in [5.41, 5.74) is 0.936. The molecule has 3 unspecified atom stereocenters. The Hall–Kier alpha value is -1.81. The Labute approximate surface area is 165 Å². The van der Waals surface area contributed by atoms with Crippen LogP contribution in [0.5, 0.6) is 0 Å². The highest BCUT2D eigenvalue weighted by Crippen LogP contribution is 2.35. The number of nitrogens with one attached hydrogen (secondary N) is 1. The number of rotatable bonds is 8. The maximum absolute atomic E-state index is 13.4. The standard InChI is InChI=1S/C19H27FN4O3S/c1-14(12-27-3)21-8-16-9-24(28(25,26)19-11-23(2)13-22-19)10-18(16)15-4-6-17(20)7-5-15/h4-7,11,13-14,16,18,21H,8-10,12H2,1-3H3. The molecule has 3 rings (SSSR count). The van der Waals surface area contributed by atoms with Gasteiger partial charge in [0.1, 0.15) is 5.82 Å². The van der Waals surface area contributed by atoms with Gasteiger partial charge in [-0.15, -0.1) is 0 Å². The minimum atomic E-state index is -3.67. The molecule has 3 atom stereocenters. The minimum absolute atomic E-state index is 0.0265. The summed E-state index contributed by atoms with van der Waals surface area (Å²) >= 11 is 0. The number of sulfonamides is 1. The lowest BCUT2D eigenvalue weighted by molar-refractivity contribution is 0.169. The number of aromatic nitrogens is 2. The van der Waals surface area contributed by atoms with Crippen LogP contribution in [-0.2, 0) is 21.8 Å². The van der Waals surface area contributed by atoms with E-state index in [1.54, 1.807) is 30.9 Å². The van der Waals surface area contributed by atoms with E-state index in [0.717, 1.165) is 5.56 Å². The van der Waals surface area contributed by atoms with E-state index in [1.807, 2.05) is 6.92 Å². The third-order valence-corrected chi connectivity index (χ3v) is 6.85. The Bertz CT molecular complexity index is 885. The van der Waals surface area contributed by atoms with Gasteiger partial charge in [-0.1, -0.05) is 12.1 Å². The van der Waals surface area contributed by atoms with Crippen molar-refractivity contribution in [3.63, 3.8) is 0 Å². The molecule has 1 N–H and O–H groups in total. The molecule has 28 heavy (non-hydrogen) atoms. The first-order valence-electron chi connectivity index (χ1n) is 9.27. The average Bonchev–Trinajstić information content (AvgIpc) is 3.28. The van der Waals surface area contributed by atoms with Gasteiger partial charge in [0, 0.05) is 51.9 Å². The topological polar surface area (TPSA) is 76.5 Å². The molecule has 1 aliphatic rings. The summed E-state index contributed by atoms with van der Waals surface area (Å²) in [5.74, 6) is -0.271. The zero-order chi connectivity index (χ0) is 20.3. The first kappa shape index (κ1) is 20.9. The predicted octanol–water partition coefficient (Wildman–Crippen LogP) is 1.59. The second-order valence-electron chi connectivity index (χ2n) is 7.38. The van der Waals surface area contributed by atoms with Crippen molar-refractivity contribution in [1.82, 2.24) is 19.2 Å².